The highest BCUT2D eigenvalue weighted by atomic mass is 32.2. The average molecular weight is 355 g/mol. The van der Waals surface area contributed by atoms with Crippen LogP contribution in [-0.4, -0.2) is 13.4 Å². The van der Waals surface area contributed by atoms with Crippen molar-refractivity contribution in [1.29, 1.82) is 5.26 Å². The van der Waals surface area contributed by atoms with Crippen molar-refractivity contribution in [2.75, 3.05) is 4.72 Å². The van der Waals surface area contributed by atoms with E-state index in [1.807, 2.05) is 30.3 Å². The van der Waals surface area contributed by atoms with Gasteiger partial charge in [0.1, 0.15) is 10.7 Å². The molecule has 3 rings (SSSR count). The minimum Gasteiger partial charge on any atom is -0.363 e. The first-order valence-electron chi connectivity index (χ1n) is 7.41. The van der Waals surface area contributed by atoms with Crippen LogP contribution in [-0.2, 0) is 16.4 Å². The molecular weight excluding hydrogens is 341 g/mol. The van der Waals surface area contributed by atoms with E-state index in [1.165, 1.54) is 24.4 Å². The molecule has 3 aromatic rings. The Morgan fingerprint density at radius 2 is 1.88 bits per heavy atom. The number of nitrogens with zero attached hydrogens (tertiary/aromatic N) is 1. The van der Waals surface area contributed by atoms with Crippen molar-refractivity contribution in [3.8, 4) is 6.07 Å². The minimum atomic E-state index is -3.93. The van der Waals surface area contributed by atoms with Crippen molar-refractivity contribution in [2.24, 2.45) is 0 Å². The zero-order valence-corrected chi connectivity index (χ0v) is 13.8. The number of nitrogens with one attached hydrogen (secondary N) is 2. The third-order valence-corrected chi connectivity index (χ3v) is 4.95. The van der Waals surface area contributed by atoms with Gasteiger partial charge in [0, 0.05) is 18.3 Å². The summed E-state index contributed by atoms with van der Waals surface area (Å²) in [5, 5.41) is 8.73. The number of halogens is 1. The Hall–Kier alpha value is -3.11. The van der Waals surface area contributed by atoms with Crippen LogP contribution in [0.2, 0.25) is 0 Å². The molecule has 0 aliphatic carbocycles. The molecule has 1 aromatic heterocycles. The summed E-state index contributed by atoms with van der Waals surface area (Å²) in [5.41, 5.74) is 1.68. The van der Waals surface area contributed by atoms with Crippen LogP contribution in [0.4, 0.5) is 10.1 Å². The van der Waals surface area contributed by atoms with Gasteiger partial charge in [-0.05, 0) is 29.8 Å². The minimum absolute atomic E-state index is 0.0159. The van der Waals surface area contributed by atoms with Crippen LogP contribution in [0.15, 0.2) is 65.7 Å². The third-order valence-electron chi connectivity index (χ3n) is 3.61. The number of hydrogen-bond donors (Lipinski definition) is 2. The lowest BCUT2D eigenvalue weighted by molar-refractivity contribution is 0.598. The molecule has 25 heavy (non-hydrogen) atoms. The van der Waals surface area contributed by atoms with Crippen LogP contribution in [0, 0.1) is 17.1 Å². The first kappa shape index (κ1) is 16.7. The molecular formula is C18H14FN3O2S. The van der Waals surface area contributed by atoms with Crippen LogP contribution in [0.5, 0.6) is 0 Å². The van der Waals surface area contributed by atoms with Crippen molar-refractivity contribution in [3.63, 3.8) is 0 Å². The highest BCUT2D eigenvalue weighted by molar-refractivity contribution is 7.92. The number of anilines is 1. The maximum atomic E-state index is 13.9. The maximum Gasteiger partial charge on any atom is 0.263 e. The summed E-state index contributed by atoms with van der Waals surface area (Å²) in [4.78, 5) is 2.94. The van der Waals surface area contributed by atoms with Gasteiger partial charge < -0.3 is 4.98 Å². The predicted molar refractivity (Wildman–Crippen MR) is 92.0 cm³/mol. The number of aromatic amines is 1. The van der Waals surface area contributed by atoms with Crippen molar-refractivity contribution in [1.82, 2.24) is 4.98 Å². The maximum absolute atomic E-state index is 13.9. The largest absolute Gasteiger partial charge is 0.363 e. The fraction of sp³-hybridized carbons (Fsp3) is 0.0556. The van der Waals surface area contributed by atoms with Crippen molar-refractivity contribution >= 4 is 15.7 Å². The van der Waals surface area contributed by atoms with Gasteiger partial charge >= 0.3 is 0 Å². The van der Waals surface area contributed by atoms with Gasteiger partial charge in [0.05, 0.1) is 17.3 Å². The predicted octanol–water partition coefficient (Wildman–Crippen LogP) is 3.42. The summed E-state index contributed by atoms with van der Waals surface area (Å²) in [5.74, 6) is -0.803. The number of hydrogen-bond acceptors (Lipinski definition) is 3. The van der Waals surface area contributed by atoms with Gasteiger partial charge in [-0.25, -0.2) is 12.8 Å². The number of sulfonamides is 1. The average Bonchev–Trinajstić information content (AvgIpc) is 3.07. The smallest absolute Gasteiger partial charge is 0.263 e. The van der Waals surface area contributed by atoms with Gasteiger partial charge in [0.15, 0.2) is 0 Å². The Bertz CT molecular complexity index is 1040. The lowest BCUT2D eigenvalue weighted by Crippen LogP contribution is -2.13. The van der Waals surface area contributed by atoms with E-state index in [2.05, 4.69) is 9.71 Å². The molecule has 0 amide bonds. The fourth-order valence-corrected chi connectivity index (χ4v) is 3.45. The van der Waals surface area contributed by atoms with Crippen LogP contribution in [0.1, 0.15) is 16.8 Å². The van der Waals surface area contributed by atoms with Gasteiger partial charge in [-0.15, -0.1) is 0 Å². The summed E-state index contributed by atoms with van der Waals surface area (Å²) < 4.78 is 40.9. The molecule has 2 N–H and O–H groups in total. The van der Waals surface area contributed by atoms with Crippen molar-refractivity contribution in [3.05, 3.63) is 83.4 Å². The SMILES string of the molecule is N#Cc1ccc(NS(=O)(=O)c2c[nH]c(Cc3ccccc3)c2)c(F)c1. The van der Waals surface area contributed by atoms with E-state index in [4.69, 9.17) is 5.26 Å². The first-order chi connectivity index (χ1) is 12.0. The van der Waals surface area contributed by atoms with E-state index in [9.17, 15) is 12.8 Å². The summed E-state index contributed by atoms with van der Waals surface area (Å²) in [6.45, 7) is 0. The van der Waals surface area contributed by atoms with Crippen LogP contribution >= 0.6 is 0 Å². The lowest BCUT2D eigenvalue weighted by Gasteiger charge is -2.07. The lowest BCUT2D eigenvalue weighted by atomic mass is 10.1. The van der Waals surface area contributed by atoms with Gasteiger partial charge in [0.2, 0.25) is 0 Å². The summed E-state index contributed by atoms with van der Waals surface area (Å²) in [6, 6.07) is 16.5. The normalized spacial score (nSPS) is 11.0. The second kappa shape index (κ2) is 6.79. The zero-order valence-electron chi connectivity index (χ0n) is 13.0. The number of rotatable bonds is 5. The number of H-pyrrole nitrogens is 1. The van der Waals surface area contributed by atoms with Gasteiger partial charge in [-0.2, -0.15) is 5.26 Å². The second-order valence-corrected chi connectivity index (χ2v) is 7.12. The molecule has 0 radical (unpaired) electrons. The van der Waals surface area contributed by atoms with E-state index in [1.54, 1.807) is 6.07 Å². The Morgan fingerprint density at radius 1 is 1.12 bits per heavy atom. The summed E-state index contributed by atoms with van der Waals surface area (Å²) in [7, 11) is -3.93. The molecule has 1 heterocycles. The highest BCUT2D eigenvalue weighted by Gasteiger charge is 2.18. The van der Waals surface area contributed by atoms with Gasteiger partial charge in [-0.3, -0.25) is 4.72 Å². The Labute approximate surface area is 144 Å². The highest BCUT2D eigenvalue weighted by Crippen LogP contribution is 2.21. The number of benzene rings is 2. The molecule has 5 nitrogen and oxygen atoms in total. The van der Waals surface area contributed by atoms with E-state index < -0.39 is 15.8 Å². The first-order valence-corrected chi connectivity index (χ1v) is 8.90. The molecule has 0 fully saturated rings. The Morgan fingerprint density at radius 3 is 2.56 bits per heavy atom. The molecule has 0 saturated carbocycles. The molecule has 7 heteroatoms. The molecule has 0 aliphatic heterocycles. The molecule has 0 bridgehead atoms. The van der Waals surface area contributed by atoms with E-state index >= 15 is 0 Å². The molecule has 0 spiro atoms. The Kier molecular flexibility index (Phi) is 4.55. The monoisotopic (exact) mass is 355 g/mol. The summed E-state index contributed by atoms with van der Waals surface area (Å²) in [6.07, 6.45) is 1.92. The van der Waals surface area contributed by atoms with Crippen LogP contribution in [0.3, 0.4) is 0 Å². The van der Waals surface area contributed by atoms with E-state index in [0.717, 1.165) is 17.3 Å². The molecule has 0 saturated heterocycles. The zero-order chi connectivity index (χ0) is 17.9. The van der Waals surface area contributed by atoms with Crippen molar-refractivity contribution < 1.29 is 12.8 Å². The summed E-state index contributed by atoms with van der Waals surface area (Å²) >= 11 is 0. The van der Waals surface area contributed by atoms with E-state index in [0.29, 0.717) is 6.42 Å². The van der Waals surface area contributed by atoms with Crippen LogP contribution in [0.25, 0.3) is 0 Å². The van der Waals surface area contributed by atoms with Crippen LogP contribution < -0.4 is 4.72 Å². The quantitative estimate of drug-likeness (QED) is 0.735. The topological polar surface area (TPSA) is 85.8 Å². The molecule has 2 aromatic carbocycles. The van der Waals surface area contributed by atoms with Crippen molar-refractivity contribution in [2.45, 2.75) is 11.3 Å². The number of aromatic nitrogens is 1. The van der Waals surface area contributed by atoms with Gasteiger partial charge in [0.25, 0.3) is 10.0 Å². The fourth-order valence-electron chi connectivity index (χ4n) is 2.36. The second-order valence-electron chi connectivity index (χ2n) is 5.43. The third kappa shape index (κ3) is 3.87. The molecule has 126 valence electrons. The Balaban J connectivity index is 1.80. The molecule has 0 unspecified atom stereocenters. The standard InChI is InChI=1S/C18H14FN3O2S/c19-17-9-14(11-20)6-7-18(17)22-25(23,24)16-10-15(21-12-16)8-13-4-2-1-3-5-13/h1-7,9-10,12,21-22H,8H2. The van der Waals surface area contributed by atoms with Gasteiger partial charge in [-0.1, -0.05) is 30.3 Å². The number of nitriles is 1. The molecule has 0 aliphatic rings. The molecule has 0 atom stereocenters. The van der Waals surface area contributed by atoms with E-state index in [-0.39, 0.29) is 16.1 Å².